The fourth-order valence-electron chi connectivity index (χ4n) is 3.07. The number of carbonyl (C=O) groups is 2. The van der Waals surface area contributed by atoms with Crippen LogP contribution in [-0.4, -0.2) is 68.7 Å². The van der Waals surface area contributed by atoms with E-state index >= 15 is 0 Å². The van der Waals surface area contributed by atoms with Crippen molar-refractivity contribution in [3.8, 4) is 0 Å². The summed E-state index contributed by atoms with van der Waals surface area (Å²) < 4.78 is 28.0. The van der Waals surface area contributed by atoms with E-state index in [2.05, 4.69) is 10.6 Å². The van der Waals surface area contributed by atoms with Gasteiger partial charge in [-0.2, -0.15) is 0 Å². The van der Waals surface area contributed by atoms with Gasteiger partial charge in [0.2, 0.25) is 0 Å². The van der Waals surface area contributed by atoms with E-state index in [0.29, 0.717) is 19.7 Å². The summed E-state index contributed by atoms with van der Waals surface area (Å²) in [6.07, 6.45) is 3.16. The molecule has 0 aliphatic carbocycles. The van der Waals surface area contributed by atoms with Crippen molar-refractivity contribution in [3.63, 3.8) is 0 Å². The van der Waals surface area contributed by atoms with Crippen molar-refractivity contribution in [3.05, 3.63) is 0 Å². The summed E-state index contributed by atoms with van der Waals surface area (Å²) in [5.41, 5.74) is 0. The molecular formula is C14H25N3O5S. The van der Waals surface area contributed by atoms with E-state index in [0.717, 1.165) is 25.7 Å². The number of urea groups is 1. The van der Waals surface area contributed by atoms with E-state index < -0.39 is 15.9 Å². The average Bonchev–Trinajstić information content (AvgIpc) is 2.89. The minimum Gasteiger partial charge on any atom is -0.450 e. The lowest BCUT2D eigenvalue weighted by atomic mass is 10.1. The van der Waals surface area contributed by atoms with Gasteiger partial charge in [-0.1, -0.05) is 12.8 Å². The van der Waals surface area contributed by atoms with Crippen LogP contribution in [-0.2, 0) is 14.6 Å². The first-order valence-electron chi connectivity index (χ1n) is 8.11. The minimum atomic E-state index is -3.03. The van der Waals surface area contributed by atoms with Crippen molar-refractivity contribution < 1.29 is 22.7 Å². The molecule has 3 amide bonds. The van der Waals surface area contributed by atoms with Gasteiger partial charge >= 0.3 is 12.1 Å². The lowest BCUT2D eigenvalue weighted by molar-refractivity contribution is 0.152. The number of carbonyl (C=O) groups excluding carboxylic acids is 2. The lowest BCUT2D eigenvalue weighted by Gasteiger charge is -2.21. The minimum absolute atomic E-state index is 0.0550. The van der Waals surface area contributed by atoms with Crippen molar-refractivity contribution in [2.75, 3.05) is 31.2 Å². The first-order chi connectivity index (χ1) is 10.9. The Balaban J connectivity index is 1.59. The number of fused-ring (bicyclic) bond motifs is 1. The second kappa shape index (κ2) is 7.85. The van der Waals surface area contributed by atoms with Crippen molar-refractivity contribution >= 4 is 22.0 Å². The zero-order chi connectivity index (χ0) is 16.9. The molecule has 9 heteroatoms. The molecule has 2 aliphatic rings. The SMILES string of the molecule is CCOC(=O)NCCCCCCN1C(=O)N[C@@H]2CS(=O)(=O)C[C@H]21. The largest absolute Gasteiger partial charge is 0.450 e. The topological polar surface area (TPSA) is 105 Å². The summed E-state index contributed by atoms with van der Waals surface area (Å²) in [4.78, 5) is 24.6. The van der Waals surface area contributed by atoms with Crippen LogP contribution >= 0.6 is 0 Å². The normalized spacial score (nSPS) is 25.1. The summed E-state index contributed by atoms with van der Waals surface area (Å²) in [5.74, 6) is 0.124. The second-order valence-electron chi connectivity index (χ2n) is 5.96. The van der Waals surface area contributed by atoms with E-state index in [1.54, 1.807) is 11.8 Å². The van der Waals surface area contributed by atoms with Crippen LogP contribution in [0.2, 0.25) is 0 Å². The first kappa shape index (κ1) is 17.8. The molecule has 0 aromatic rings. The van der Waals surface area contributed by atoms with Gasteiger partial charge in [0.05, 0.1) is 30.2 Å². The van der Waals surface area contributed by atoms with Gasteiger partial charge in [-0.15, -0.1) is 0 Å². The van der Waals surface area contributed by atoms with Crippen molar-refractivity contribution in [2.24, 2.45) is 0 Å². The highest BCUT2D eigenvalue weighted by Crippen LogP contribution is 2.24. The number of unbranched alkanes of at least 4 members (excludes halogenated alkanes) is 3. The standard InChI is InChI=1S/C14H25N3O5S/c1-2-22-14(19)15-7-5-3-4-6-8-17-12-10-23(20,21)9-11(12)16-13(17)18/h11-12H,2-10H2,1H3,(H,15,19)(H,16,18)/t11-,12-/m1/s1. The smallest absolute Gasteiger partial charge is 0.407 e. The maximum Gasteiger partial charge on any atom is 0.407 e. The molecule has 2 saturated heterocycles. The van der Waals surface area contributed by atoms with Crippen LogP contribution in [0.25, 0.3) is 0 Å². The van der Waals surface area contributed by atoms with Gasteiger partial charge in [-0.05, 0) is 19.8 Å². The van der Waals surface area contributed by atoms with Gasteiger partial charge < -0.3 is 20.3 Å². The summed E-state index contributed by atoms with van der Waals surface area (Å²) >= 11 is 0. The predicted molar refractivity (Wildman–Crippen MR) is 85.0 cm³/mol. The highest BCUT2D eigenvalue weighted by atomic mass is 32.2. The molecule has 2 heterocycles. The number of sulfone groups is 1. The zero-order valence-corrected chi connectivity index (χ0v) is 14.2. The molecular weight excluding hydrogens is 322 g/mol. The Kier molecular flexibility index (Phi) is 6.09. The van der Waals surface area contributed by atoms with E-state index in [9.17, 15) is 18.0 Å². The van der Waals surface area contributed by atoms with Crippen molar-refractivity contribution in [1.82, 2.24) is 15.5 Å². The fraction of sp³-hybridized carbons (Fsp3) is 0.857. The molecule has 0 unspecified atom stereocenters. The number of nitrogens with one attached hydrogen (secondary N) is 2. The van der Waals surface area contributed by atoms with Gasteiger partial charge in [0.25, 0.3) is 0 Å². The molecule has 2 rings (SSSR count). The van der Waals surface area contributed by atoms with E-state index in [-0.39, 0.29) is 29.6 Å². The van der Waals surface area contributed by atoms with Gasteiger partial charge in [0.15, 0.2) is 9.84 Å². The Morgan fingerprint density at radius 2 is 2.04 bits per heavy atom. The second-order valence-corrected chi connectivity index (χ2v) is 8.11. The van der Waals surface area contributed by atoms with Gasteiger partial charge in [0.1, 0.15) is 0 Å². The van der Waals surface area contributed by atoms with Crippen LogP contribution in [0.5, 0.6) is 0 Å². The van der Waals surface area contributed by atoms with Crippen LogP contribution in [0.4, 0.5) is 9.59 Å². The molecule has 0 aromatic carbocycles. The molecule has 2 fully saturated rings. The summed E-state index contributed by atoms with van der Waals surface area (Å²) in [6.45, 7) is 3.27. The third kappa shape index (κ3) is 4.98. The maximum absolute atomic E-state index is 11.9. The molecule has 0 radical (unpaired) electrons. The molecule has 2 N–H and O–H groups in total. The molecule has 23 heavy (non-hydrogen) atoms. The van der Waals surface area contributed by atoms with Crippen molar-refractivity contribution in [1.29, 1.82) is 0 Å². The van der Waals surface area contributed by atoms with Gasteiger partial charge in [0, 0.05) is 13.1 Å². The summed E-state index contributed by atoms with van der Waals surface area (Å²) in [7, 11) is -3.03. The van der Waals surface area contributed by atoms with Crippen LogP contribution in [0.3, 0.4) is 0 Å². The highest BCUT2D eigenvalue weighted by molar-refractivity contribution is 7.91. The number of nitrogens with zero attached hydrogens (tertiary/aromatic N) is 1. The lowest BCUT2D eigenvalue weighted by Crippen LogP contribution is -2.37. The van der Waals surface area contributed by atoms with Crippen LogP contribution < -0.4 is 10.6 Å². The Hall–Kier alpha value is -1.51. The first-order valence-corrected chi connectivity index (χ1v) is 9.93. The Morgan fingerprint density at radius 3 is 2.78 bits per heavy atom. The van der Waals surface area contributed by atoms with Gasteiger partial charge in [-0.25, -0.2) is 18.0 Å². The fourth-order valence-corrected chi connectivity index (χ4v) is 4.99. The molecule has 0 saturated carbocycles. The number of hydrogen-bond acceptors (Lipinski definition) is 5. The monoisotopic (exact) mass is 347 g/mol. The number of ether oxygens (including phenoxy) is 1. The Bertz CT molecular complexity index is 537. The molecule has 2 atom stereocenters. The third-order valence-electron chi connectivity index (χ3n) is 4.16. The molecule has 0 aromatic heterocycles. The summed E-state index contributed by atoms with van der Waals surface area (Å²) in [5, 5.41) is 5.41. The Morgan fingerprint density at radius 1 is 1.30 bits per heavy atom. The van der Waals surface area contributed by atoms with Gasteiger partial charge in [-0.3, -0.25) is 0 Å². The third-order valence-corrected chi connectivity index (χ3v) is 5.88. The predicted octanol–water partition coefficient (Wildman–Crippen LogP) is 0.484. The molecule has 2 aliphatic heterocycles. The number of alkyl carbamates (subject to hydrolysis) is 1. The summed E-state index contributed by atoms with van der Waals surface area (Å²) in [6, 6.07) is -0.613. The zero-order valence-electron chi connectivity index (χ0n) is 13.4. The van der Waals surface area contributed by atoms with Crippen LogP contribution in [0.1, 0.15) is 32.6 Å². The molecule has 0 bridgehead atoms. The van der Waals surface area contributed by atoms with E-state index in [1.165, 1.54) is 0 Å². The quantitative estimate of drug-likeness (QED) is 0.491. The Labute approximate surface area is 136 Å². The molecule has 0 spiro atoms. The van der Waals surface area contributed by atoms with Crippen LogP contribution in [0, 0.1) is 0 Å². The average molecular weight is 347 g/mol. The molecule has 8 nitrogen and oxygen atoms in total. The van der Waals surface area contributed by atoms with E-state index in [4.69, 9.17) is 4.74 Å². The van der Waals surface area contributed by atoms with Crippen molar-refractivity contribution in [2.45, 2.75) is 44.7 Å². The maximum atomic E-state index is 11.9. The molecule has 132 valence electrons. The highest BCUT2D eigenvalue weighted by Gasteiger charge is 2.48. The van der Waals surface area contributed by atoms with E-state index in [1.807, 2.05) is 0 Å². The number of hydrogen-bond donors (Lipinski definition) is 2. The number of rotatable bonds is 8. The number of amides is 3. The van der Waals surface area contributed by atoms with Crippen LogP contribution in [0.15, 0.2) is 0 Å².